The first-order valence-electron chi connectivity index (χ1n) is 9.48. The van der Waals surface area contributed by atoms with Crippen molar-refractivity contribution in [3.05, 3.63) is 48.0 Å². The molecule has 6 heteroatoms. The van der Waals surface area contributed by atoms with Gasteiger partial charge in [-0.15, -0.1) is 0 Å². The fraction of sp³-hybridized carbons (Fsp3) is 0.318. The number of benzene rings is 2. The number of para-hydroxylation sites is 1. The summed E-state index contributed by atoms with van der Waals surface area (Å²) >= 11 is 0. The molecule has 0 amide bonds. The highest BCUT2D eigenvalue weighted by Crippen LogP contribution is 2.42. The smallest absolute Gasteiger partial charge is 0.170 e. The van der Waals surface area contributed by atoms with Crippen LogP contribution >= 0.6 is 0 Å². The Morgan fingerprint density at radius 2 is 1.75 bits per heavy atom. The van der Waals surface area contributed by atoms with Crippen molar-refractivity contribution in [3.63, 3.8) is 0 Å². The molecule has 1 aliphatic heterocycles. The first kappa shape index (κ1) is 18.2. The minimum Gasteiger partial charge on any atom is -0.497 e. The molecule has 4 rings (SSSR count). The Hall–Kier alpha value is -3.15. The first-order valence-corrected chi connectivity index (χ1v) is 9.48. The lowest BCUT2D eigenvalue weighted by Gasteiger charge is -2.12. The van der Waals surface area contributed by atoms with E-state index in [-0.39, 0.29) is 0 Å². The maximum atomic E-state index is 5.68. The summed E-state index contributed by atoms with van der Waals surface area (Å²) in [7, 11) is 4.99. The number of anilines is 1. The van der Waals surface area contributed by atoms with Crippen LogP contribution in [0.4, 0.5) is 5.82 Å². The van der Waals surface area contributed by atoms with Gasteiger partial charge in [0.05, 0.1) is 27.0 Å². The zero-order valence-electron chi connectivity index (χ0n) is 16.5. The van der Waals surface area contributed by atoms with Gasteiger partial charge >= 0.3 is 0 Å². The number of hydrogen-bond acceptors (Lipinski definition) is 5. The summed E-state index contributed by atoms with van der Waals surface area (Å²) < 4.78 is 18.4. The van der Waals surface area contributed by atoms with Crippen LogP contribution in [0.5, 0.6) is 17.2 Å². The van der Waals surface area contributed by atoms with Crippen LogP contribution in [0.25, 0.3) is 16.9 Å². The Kier molecular flexibility index (Phi) is 5.10. The predicted molar refractivity (Wildman–Crippen MR) is 110 cm³/mol. The molecule has 1 N–H and O–H groups in total. The van der Waals surface area contributed by atoms with Gasteiger partial charge in [0, 0.05) is 17.7 Å². The van der Waals surface area contributed by atoms with E-state index in [9.17, 15) is 0 Å². The number of rotatable bonds is 5. The molecule has 0 saturated carbocycles. The normalized spacial score (nSPS) is 13.2. The fourth-order valence-electron chi connectivity index (χ4n) is 3.70. The maximum absolute atomic E-state index is 5.68. The average molecular weight is 379 g/mol. The molecule has 6 nitrogen and oxygen atoms in total. The van der Waals surface area contributed by atoms with Crippen LogP contribution in [0.2, 0.25) is 0 Å². The third-order valence-electron chi connectivity index (χ3n) is 5.10. The van der Waals surface area contributed by atoms with Gasteiger partial charge in [-0.1, -0.05) is 6.07 Å². The second kappa shape index (κ2) is 7.84. The Balaban J connectivity index is 1.90. The average Bonchev–Trinajstić information content (AvgIpc) is 2.93. The standard InChI is InChI=1S/C22H25N3O3/c1-26-16-12-10-15(11-13-16)25-22-18(7-4-5-14-23-22)20(24-25)17-8-6-9-19(27-2)21(17)28-3/h6,8-13,23H,4-5,7,14H2,1-3H3. The van der Waals surface area contributed by atoms with E-state index in [1.165, 1.54) is 5.56 Å². The Morgan fingerprint density at radius 3 is 2.46 bits per heavy atom. The molecule has 0 atom stereocenters. The molecular formula is C22H25N3O3. The van der Waals surface area contributed by atoms with Gasteiger partial charge < -0.3 is 19.5 Å². The number of ether oxygens (including phenoxy) is 3. The highest BCUT2D eigenvalue weighted by molar-refractivity contribution is 5.77. The van der Waals surface area contributed by atoms with Crippen molar-refractivity contribution >= 4 is 5.82 Å². The van der Waals surface area contributed by atoms with Crippen molar-refractivity contribution in [2.24, 2.45) is 0 Å². The third-order valence-corrected chi connectivity index (χ3v) is 5.10. The summed E-state index contributed by atoms with van der Waals surface area (Å²) in [5, 5.41) is 8.57. The molecular weight excluding hydrogens is 354 g/mol. The van der Waals surface area contributed by atoms with E-state index < -0.39 is 0 Å². The molecule has 0 radical (unpaired) electrons. The highest BCUT2D eigenvalue weighted by Gasteiger charge is 2.24. The first-order chi connectivity index (χ1) is 13.8. The summed E-state index contributed by atoms with van der Waals surface area (Å²) in [5.74, 6) is 3.28. The number of nitrogens with zero attached hydrogens (tertiary/aromatic N) is 2. The van der Waals surface area contributed by atoms with Crippen LogP contribution in [0, 0.1) is 0 Å². The van der Waals surface area contributed by atoms with E-state index in [2.05, 4.69) is 5.32 Å². The number of fused-ring (bicyclic) bond motifs is 1. The Bertz CT molecular complexity index is 964. The highest BCUT2D eigenvalue weighted by atomic mass is 16.5. The van der Waals surface area contributed by atoms with Gasteiger partial charge in [-0.2, -0.15) is 5.10 Å². The van der Waals surface area contributed by atoms with Gasteiger partial charge in [0.25, 0.3) is 0 Å². The summed E-state index contributed by atoms with van der Waals surface area (Å²) in [6.45, 7) is 0.934. The van der Waals surface area contributed by atoms with Crippen molar-refractivity contribution < 1.29 is 14.2 Å². The molecule has 28 heavy (non-hydrogen) atoms. The summed E-state index contributed by atoms with van der Waals surface area (Å²) in [6.07, 6.45) is 3.22. The second-order valence-corrected chi connectivity index (χ2v) is 6.71. The second-order valence-electron chi connectivity index (χ2n) is 6.71. The van der Waals surface area contributed by atoms with Gasteiger partial charge in [-0.05, 0) is 55.7 Å². The quantitative estimate of drug-likeness (QED) is 0.716. The van der Waals surface area contributed by atoms with Crippen LogP contribution in [0.15, 0.2) is 42.5 Å². The molecule has 2 heterocycles. The van der Waals surface area contributed by atoms with Gasteiger partial charge in [0.15, 0.2) is 11.5 Å². The van der Waals surface area contributed by atoms with Crippen molar-refractivity contribution in [2.45, 2.75) is 19.3 Å². The van der Waals surface area contributed by atoms with Crippen LogP contribution in [0.3, 0.4) is 0 Å². The van der Waals surface area contributed by atoms with Crippen molar-refractivity contribution in [2.75, 3.05) is 33.2 Å². The molecule has 0 saturated heterocycles. The molecule has 0 spiro atoms. The van der Waals surface area contributed by atoms with E-state index in [0.29, 0.717) is 11.5 Å². The third kappa shape index (κ3) is 3.15. The van der Waals surface area contributed by atoms with Crippen LogP contribution in [-0.2, 0) is 6.42 Å². The SMILES string of the molecule is COc1ccc(-n2nc(-c3cccc(OC)c3OC)c3c2NCCCC3)cc1. The van der Waals surface area contributed by atoms with E-state index in [4.69, 9.17) is 19.3 Å². The number of aromatic nitrogens is 2. The molecule has 3 aromatic rings. The van der Waals surface area contributed by atoms with Gasteiger partial charge in [0.1, 0.15) is 17.3 Å². The van der Waals surface area contributed by atoms with Crippen molar-refractivity contribution in [1.82, 2.24) is 9.78 Å². The topological polar surface area (TPSA) is 57.5 Å². The molecule has 0 aliphatic carbocycles. The van der Waals surface area contributed by atoms with E-state index >= 15 is 0 Å². The number of hydrogen-bond donors (Lipinski definition) is 1. The monoisotopic (exact) mass is 379 g/mol. The van der Waals surface area contributed by atoms with Crippen LogP contribution in [0.1, 0.15) is 18.4 Å². The molecule has 1 aliphatic rings. The van der Waals surface area contributed by atoms with Crippen LogP contribution in [-0.4, -0.2) is 37.7 Å². The maximum Gasteiger partial charge on any atom is 0.170 e. The van der Waals surface area contributed by atoms with E-state index in [1.807, 2.05) is 47.1 Å². The Labute approximate surface area is 165 Å². The van der Waals surface area contributed by atoms with Crippen molar-refractivity contribution in [3.8, 4) is 34.2 Å². The Morgan fingerprint density at radius 1 is 0.929 bits per heavy atom. The summed E-state index contributed by atoms with van der Waals surface area (Å²) in [6, 6.07) is 13.8. The van der Waals surface area contributed by atoms with Gasteiger partial charge in [-0.25, -0.2) is 4.68 Å². The minimum atomic E-state index is 0.703. The van der Waals surface area contributed by atoms with E-state index in [0.717, 1.165) is 54.3 Å². The van der Waals surface area contributed by atoms with E-state index in [1.54, 1.807) is 21.3 Å². The lowest BCUT2D eigenvalue weighted by Crippen LogP contribution is -2.07. The number of nitrogens with one attached hydrogen (secondary N) is 1. The van der Waals surface area contributed by atoms with Crippen molar-refractivity contribution in [1.29, 1.82) is 0 Å². The molecule has 0 unspecified atom stereocenters. The fourth-order valence-corrected chi connectivity index (χ4v) is 3.70. The molecule has 2 aromatic carbocycles. The van der Waals surface area contributed by atoms with Gasteiger partial charge in [0.2, 0.25) is 0 Å². The van der Waals surface area contributed by atoms with Gasteiger partial charge in [-0.3, -0.25) is 0 Å². The largest absolute Gasteiger partial charge is 0.497 e. The number of methoxy groups -OCH3 is 3. The summed E-state index contributed by atoms with van der Waals surface area (Å²) in [4.78, 5) is 0. The lowest BCUT2D eigenvalue weighted by atomic mass is 10.0. The lowest BCUT2D eigenvalue weighted by molar-refractivity contribution is 0.356. The predicted octanol–water partition coefficient (Wildman–Crippen LogP) is 4.31. The molecule has 1 aromatic heterocycles. The minimum absolute atomic E-state index is 0.703. The zero-order valence-corrected chi connectivity index (χ0v) is 16.5. The van der Waals surface area contributed by atoms with Crippen LogP contribution < -0.4 is 19.5 Å². The summed E-state index contributed by atoms with van der Waals surface area (Å²) in [5.41, 5.74) is 4.06. The molecule has 0 bridgehead atoms. The molecule has 146 valence electrons. The molecule has 0 fully saturated rings. The zero-order chi connectivity index (χ0) is 19.5.